The lowest BCUT2D eigenvalue weighted by Gasteiger charge is -2.25. The topological polar surface area (TPSA) is 95.5 Å². The molecular formula is C25H27N3O6S. The number of methoxy groups -OCH3 is 2. The Labute approximate surface area is 206 Å². The van der Waals surface area contributed by atoms with E-state index in [0.717, 1.165) is 0 Å². The lowest BCUT2D eigenvalue weighted by atomic mass is 9.95. The molecule has 0 saturated heterocycles. The van der Waals surface area contributed by atoms with Gasteiger partial charge in [0.05, 0.1) is 42.7 Å². The van der Waals surface area contributed by atoms with E-state index in [9.17, 15) is 9.59 Å². The maximum atomic E-state index is 13.7. The molecule has 0 unspecified atom stereocenters. The standard InChI is InChI=1S/C25H27N3O6S/c1-7-33-24(30)21-14(2)26-25-28(22(21)15-8-10-17(31-5)18(12-15)32-6)23(29)19(35-25)13-16-9-11-20(34-16)27(3)4/h8-13,22H,7H2,1-6H3/b19-13-/t22-/m1/s1. The Balaban J connectivity index is 1.94. The third-order valence-electron chi connectivity index (χ3n) is 5.57. The summed E-state index contributed by atoms with van der Waals surface area (Å²) in [7, 11) is 6.83. The molecule has 0 bridgehead atoms. The van der Waals surface area contributed by atoms with Crippen LogP contribution in [0.1, 0.15) is 31.2 Å². The van der Waals surface area contributed by atoms with Crippen LogP contribution in [-0.2, 0) is 9.53 Å². The monoisotopic (exact) mass is 497 g/mol. The van der Waals surface area contributed by atoms with Gasteiger partial charge in [-0.1, -0.05) is 17.4 Å². The Morgan fingerprint density at radius 2 is 1.94 bits per heavy atom. The molecule has 35 heavy (non-hydrogen) atoms. The van der Waals surface area contributed by atoms with Crippen LogP contribution in [0.4, 0.5) is 5.88 Å². The Morgan fingerprint density at radius 1 is 1.20 bits per heavy atom. The zero-order valence-corrected chi connectivity index (χ0v) is 21.3. The third-order valence-corrected chi connectivity index (χ3v) is 6.55. The number of ether oxygens (including phenoxy) is 3. The van der Waals surface area contributed by atoms with Crippen LogP contribution in [0.15, 0.2) is 55.8 Å². The van der Waals surface area contributed by atoms with Crippen LogP contribution in [0.25, 0.3) is 6.08 Å². The van der Waals surface area contributed by atoms with E-state index in [1.807, 2.05) is 25.1 Å². The summed E-state index contributed by atoms with van der Waals surface area (Å²) in [6, 6.07) is 8.19. The van der Waals surface area contributed by atoms with Crippen molar-refractivity contribution in [2.75, 3.05) is 39.8 Å². The highest BCUT2D eigenvalue weighted by atomic mass is 32.1. The first-order chi connectivity index (χ1) is 16.8. The minimum absolute atomic E-state index is 0.200. The summed E-state index contributed by atoms with van der Waals surface area (Å²) in [4.78, 5) is 33.6. The van der Waals surface area contributed by atoms with E-state index in [-0.39, 0.29) is 12.2 Å². The van der Waals surface area contributed by atoms with E-state index >= 15 is 0 Å². The molecule has 0 spiro atoms. The van der Waals surface area contributed by atoms with Gasteiger partial charge in [-0.3, -0.25) is 9.36 Å². The van der Waals surface area contributed by atoms with Crippen LogP contribution in [0.3, 0.4) is 0 Å². The first-order valence-electron chi connectivity index (χ1n) is 11.0. The molecule has 0 fully saturated rings. The number of nitrogens with zero attached hydrogens (tertiary/aromatic N) is 3. The first-order valence-corrected chi connectivity index (χ1v) is 11.8. The normalized spacial score (nSPS) is 15.5. The van der Waals surface area contributed by atoms with E-state index in [1.54, 1.807) is 51.3 Å². The Hall–Kier alpha value is -3.79. The fourth-order valence-corrected chi connectivity index (χ4v) is 4.95. The quantitative estimate of drug-likeness (QED) is 0.463. The third kappa shape index (κ3) is 4.49. The van der Waals surface area contributed by atoms with Crippen molar-refractivity contribution in [3.63, 3.8) is 0 Å². The Morgan fingerprint density at radius 3 is 2.57 bits per heavy atom. The summed E-state index contributed by atoms with van der Waals surface area (Å²) in [6.45, 7) is 3.68. The van der Waals surface area contributed by atoms with Crippen molar-refractivity contribution < 1.29 is 23.4 Å². The van der Waals surface area contributed by atoms with Crippen LogP contribution in [0.2, 0.25) is 0 Å². The van der Waals surface area contributed by atoms with Gasteiger partial charge in [0.15, 0.2) is 22.2 Å². The number of esters is 1. The number of aromatic nitrogens is 1. The van der Waals surface area contributed by atoms with Gasteiger partial charge in [0.25, 0.3) is 5.56 Å². The molecule has 184 valence electrons. The molecule has 1 aliphatic heterocycles. The molecule has 3 heterocycles. The number of fused-ring (bicyclic) bond motifs is 1. The van der Waals surface area contributed by atoms with Crippen molar-refractivity contribution in [3.8, 4) is 11.5 Å². The highest BCUT2D eigenvalue weighted by molar-refractivity contribution is 7.07. The number of rotatable bonds is 7. The van der Waals surface area contributed by atoms with Crippen LogP contribution in [0, 0.1) is 0 Å². The highest BCUT2D eigenvalue weighted by Gasteiger charge is 2.34. The van der Waals surface area contributed by atoms with E-state index in [0.29, 0.717) is 49.3 Å². The maximum Gasteiger partial charge on any atom is 0.338 e. The summed E-state index contributed by atoms with van der Waals surface area (Å²) < 4.78 is 23.9. The lowest BCUT2D eigenvalue weighted by Crippen LogP contribution is -2.39. The van der Waals surface area contributed by atoms with Crippen molar-refractivity contribution in [2.45, 2.75) is 19.9 Å². The zero-order valence-electron chi connectivity index (χ0n) is 20.4. The number of carbonyl (C=O) groups is 1. The summed E-state index contributed by atoms with van der Waals surface area (Å²) in [6.07, 6.45) is 1.69. The van der Waals surface area contributed by atoms with Crippen LogP contribution < -0.4 is 29.3 Å². The minimum Gasteiger partial charge on any atom is -0.493 e. The molecule has 2 aromatic heterocycles. The predicted molar refractivity (Wildman–Crippen MR) is 133 cm³/mol. The summed E-state index contributed by atoms with van der Waals surface area (Å²) >= 11 is 1.23. The van der Waals surface area contributed by atoms with Gasteiger partial charge in [0.1, 0.15) is 5.76 Å². The maximum absolute atomic E-state index is 13.7. The van der Waals surface area contributed by atoms with Gasteiger partial charge in [-0.2, -0.15) is 0 Å². The van der Waals surface area contributed by atoms with Gasteiger partial charge in [-0.15, -0.1) is 0 Å². The number of thiazole rings is 1. The van der Waals surface area contributed by atoms with E-state index < -0.39 is 12.0 Å². The zero-order chi connectivity index (χ0) is 25.3. The average molecular weight is 498 g/mol. The molecule has 3 aromatic rings. The number of carbonyl (C=O) groups excluding carboxylic acids is 1. The fraction of sp³-hybridized carbons (Fsp3) is 0.320. The fourth-order valence-electron chi connectivity index (χ4n) is 3.92. The van der Waals surface area contributed by atoms with Gasteiger partial charge in [0, 0.05) is 26.2 Å². The van der Waals surface area contributed by atoms with Crippen molar-refractivity contribution in [2.24, 2.45) is 4.99 Å². The number of furan rings is 1. The predicted octanol–water partition coefficient (Wildman–Crippen LogP) is 2.47. The highest BCUT2D eigenvalue weighted by Crippen LogP contribution is 2.36. The second kappa shape index (κ2) is 9.83. The smallest absolute Gasteiger partial charge is 0.338 e. The molecule has 1 atom stereocenters. The number of hydrogen-bond acceptors (Lipinski definition) is 9. The molecule has 10 heteroatoms. The van der Waals surface area contributed by atoms with Gasteiger partial charge >= 0.3 is 5.97 Å². The Bertz CT molecular complexity index is 1480. The van der Waals surface area contributed by atoms with Crippen molar-refractivity contribution in [1.82, 2.24) is 4.57 Å². The van der Waals surface area contributed by atoms with E-state index in [4.69, 9.17) is 18.6 Å². The molecule has 1 aliphatic rings. The van der Waals surface area contributed by atoms with Crippen LogP contribution in [-0.4, -0.2) is 45.5 Å². The van der Waals surface area contributed by atoms with E-state index in [2.05, 4.69) is 4.99 Å². The lowest BCUT2D eigenvalue weighted by molar-refractivity contribution is -0.139. The first kappa shape index (κ1) is 24.3. The molecule has 0 aliphatic carbocycles. The van der Waals surface area contributed by atoms with Crippen molar-refractivity contribution in [1.29, 1.82) is 0 Å². The molecule has 0 N–H and O–H groups in total. The van der Waals surface area contributed by atoms with Gasteiger partial charge in [-0.25, -0.2) is 9.79 Å². The number of hydrogen-bond donors (Lipinski definition) is 0. The van der Waals surface area contributed by atoms with Crippen LogP contribution in [0.5, 0.6) is 11.5 Å². The number of anilines is 1. The van der Waals surface area contributed by atoms with Crippen LogP contribution >= 0.6 is 11.3 Å². The summed E-state index contributed by atoms with van der Waals surface area (Å²) in [5.74, 6) is 1.72. The van der Waals surface area contributed by atoms with E-state index in [1.165, 1.54) is 23.0 Å². The molecule has 0 radical (unpaired) electrons. The van der Waals surface area contributed by atoms with Gasteiger partial charge in [0.2, 0.25) is 0 Å². The largest absolute Gasteiger partial charge is 0.493 e. The molecule has 9 nitrogen and oxygen atoms in total. The SMILES string of the molecule is CCOC(=O)C1=C(C)N=c2s/c(=C\c3ccc(N(C)C)o3)c(=O)n2[C@@H]1c1ccc(OC)c(OC)c1. The van der Waals surface area contributed by atoms with Crippen molar-refractivity contribution >= 4 is 29.3 Å². The summed E-state index contributed by atoms with van der Waals surface area (Å²) in [5, 5.41) is 0. The second-order valence-corrected chi connectivity index (χ2v) is 9.00. The van der Waals surface area contributed by atoms with Gasteiger partial charge in [-0.05, 0) is 37.6 Å². The van der Waals surface area contributed by atoms with Gasteiger partial charge < -0.3 is 23.5 Å². The molecule has 0 amide bonds. The van der Waals surface area contributed by atoms with Crippen molar-refractivity contribution in [3.05, 3.63) is 72.6 Å². The number of allylic oxidation sites excluding steroid dienone is 1. The molecular weight excluding hydrogens is 470 g/mol. The summed E-state index contributed by atoms with van der Waals surface area (Å²) in [5.41, 5.74) is 1.17. The molecule has 0 saturated carbocycles. The average Bonchev–Trinajstić information content (AvgIpc) is 3.42. The molecule has 4 rings (SSSR count). The molecule has 1 aromatic carbocycles. The Kier molecular flexibility index (Phi) is 6.83. The second-order valence-electron chi connectivity index (χ2n) is 7.99. The number of benzene rings is 1. The minimum atomic E-state index is -0.749.